The summed E-state index contributed by atoms with van der Waals surface area (Å²) in [6.45, 7) is 4.14. The van der Waals surface area contributed by atoms with Crippen LogP contribution in [0.1, 0.15) is 49.0 Å². The molecule has 0 bridgehead atoms. The van der Waals surface area contributed by atoms with Gasteiger partial charge in [0, 0.05) is 32.0 Å². The molecule has 1 saturated heterocycles. The third-order valence-electron chi connectivity index (χ3n) is 6.12. The first-order valence-corrected chi connectivity index (χ1v) is 11.7. The molecule has 9 heteroatoms. The Kier molecular flexibility index (Phi) is 7.93. The number of aromatic nitrogens is 2. The van der Waals surface area contributed by atoms with Crippen molar-refractivity contribution in [2.45, 2.75) is 51.2 Å². The minimum absolute atomic E-state index is 0.0413. The van der Waals surface area contributed by atoms with E-state index in [0.717, 1.165) is 55.7 Å². The number of carbonyl (C=O) groups excluding carboxylic acids is 1. The number of halogens is 1. The summed E-state index contributed by atoms with van der Waals surface area (Å²) in [5.41, 5.74) is 2.97. The van der Waals surface area contributed by atoms with Gasteiger partial charge in [0.05, 0.1) is 18.3 Å². The third kappa shape index (κ3) is 6.10. The molecule has 0 spiro atoms. The van der Waals surface area contributed by atoms with Crippen molar-refractivity contribution >= 4 is 12.0 Å². The lowest BCUT2D eigenvalue weighted by atomic mass is 10.0. The molecule has 1 aromatic heterocycles. The minimum Gasteiger partial charge on any atom is -0.491 e. The second-order valence-electron chi connectivity index (χ2n) is 8.38. The van der Waals surface area contributed by atoms with Gasteiger partial charge in [0.15, 0.2) is 0 Å². The fraction of sp³-hybridized carbons (Fsp3) is 0.542. The second-order valence-corrected chi connectivity index (χ2v) is 8.38. The molecule has 1 fully saturated rings. The van der Waals surface area contributed by atoms with Crippen LogP contribution in [0, 0.1) is 0 Å². The molecule has 2 aliphatic heterocycles. The van der Waals surface area contributed by atoms with Gasteiger partial charge in [-0.15, -0.1) is 0 Å². The molecular weight excluding hydrogens is 425 g/mol. The summed E-state index contributed by atoms with van der Waals surface area (Å²) in [5.74, 6) is 1.24. The number of alkyl halides is 1. The van der Waals surface area contributed by atoms with Crippen LogP contribution in [0.3, 0.4) is 0 Å². The van der Waals surface area contributed by atoms with E-state index in [1.807, 2.05) is 25.3 Å². The van der Waals surface area contributed by atoms with Gasteiger partial charge in [-0.3, -0.25) is 0 Å². The molecule has 4 rings (SSSR count). The van der Waals surface area contributed by atoms with Crippen molar-refractivity contribution in [3.63, 3.8) is 0 Å². The van der Waals surface area contributed by atoms with E-state index < -0.39 is 6.67 Å². The molecular formula is C24H32FN5O3. The smallest absolute Gasteiger partial charge is 0.318 e. The lowest BCUT2D eigenvalue weighted by Gasteiger charge is -2.30. The first-order valence-electron chi connectivity index (χ1n) is 11.7. The van der Waals surface area contributed by atoms with E-state index in [4.69, 9.17) is 14.5 Å². The van der Waals surface area contributed by atoms with Crippen molar-refractivity contribution in [1.82, 2.24) is 20.2 Å². The number of nitrogens with one attached hydrogen (secondary N) is 2. The average molecular weight is 458 g/mol. The Bertz CT molecular complexity index is 921. The van der Waals surface area contributed by atoms with E-state index in [9.17, 15) is 9.18 Å². The minimum atomic E-state index is -0.521. The number of amides is 2. The number of ether oxygens (including phenoxy) is 2. The molecule has 0 saturated carbocycles. The maximum atomic E-state index is 13.0. The van der Waals surface area contributed by atoms with Gasteiger partial charge >= 0.3 is 6.03 Å². The lowest BCUT2D eigenvalue weighted by Crippen LogP contribution is -2.44. The molecule has 0 unspecified atom stereocenters. The summed E-state index contributed by atoms with van der Waals surface area (Å²) in [6, 6.07) is 7.53. The summed E-state index contributed by atoms with van der Waals surface area (Å²) >= 11 is 0. The van der Waals surface area contributed by atoms with Gasteiger partial charge in [0.25, 0.3) is 0 Å². The van der Waals surface area contributed by atoms with Crippen molar-refractivity contribution in [3.8, 4) is 5.75 Å². The summed E-state index contributed by atoms with van der Waals surface area (Å²) in [5, 5.41) is 6.54. The monoisotopic (exact) mass is 457 g/mol. The topological polar surface area (TPSA) is 88.6 Å². The number of anilines is 1. The molecule has 0 aliphatic carbocycles. The van der Waals surface area contributed by atoms with Gasteiger partial charge in [0.1, 0.15) is 19.0 Å². The van der Waals surface area contributed by atoms with Crippen molar-refractivity contribution < 1.29 is 18.7 Å². The number of hydrogen-bond acceptors (Lipinski definition) is 6. The van der Waals surface area contributed by atoms with E-state index in [-0.39, 0.29) is 18.7 Å². The fourth-order valence-corrected chi connectivity index (χ4v) is 4.18. The molecule has 2 aromatic rings. The van der Waals surface area contributed by atoms with Crippen LogP contribution < -0.4 is 15.4 Å². The predicted molar refractivity (Wildman–Crippen MR) is 123 cm³/mol. The molecule has 8 nitrogen and oxygen atoms in total. The predicted octanol–water partition coefficient (Wildman–Crippen LogP) is 3.63. The number of hydrogen-bond donors (Lipinski definition) is 2. The van der Waals surface area contributed by atoms with Crippen LogP contribution in [0.2, 0.25) is 0 Å². The Morgan fingerprint density at radius 1 is 1.30 bits per heavy atom. The van der Waals surface area contributed by atoms with E-state index in [2.05, 4.69) is 15.6 Å². The van der Waals surface area contributed by atoms with Gasteiger partial charge in [-0.2, -0.15) is 0 Å². The molecule has 2 N–H and O–H groups in total. The largest absolute Gasteiger partial charge is 0.491 e. The number of carbonyl (C=O) groups is 1. The van der Waals surface area contributed by atoms with E-state index >= 15 is 0 Å². The Labute approximate surface area is 193 Å². The normalized spacial score (nSPS) is 17.2. The van der Waals surface area contributed by atoms with Crippen molar-refractivity contribution in [2.75, 3.05) is 38.4 Å². The molecule has 1 aromatic carbocycles. The van der Waals surface area contributed by atoms with Gasteiger partial charge in [-0.05, 0) is 48.9 Å². The molecule has 0 radical (unpaired) electrons. The second kappa shape index (κ2) is 11.3. The number of nitrogens with zero attached hydrogens (tertiary/aromatic N) is 3. The van der Waals surface area contributed by atoms with Crippen LogP contribution in [-0.4, -0.2) is 60.0 Å². The maximum Gasteiger partial charge on any atom is 0.318 e. The SMILES string of the molecule is CC[C@@H](NC(=O)N1CCc2cnc(NC3CCOCC3)nc2C1)c1ccc(OCCF)cc1. The zero-order valence-corrected chi connectivity index (χ0v) is 19.1. The molecule has 2 amide bonds. The molecule has 33 heavy (non-hydrogen) atoms. The lowest BCUT2D eigenvalue weighted by molar-refractivity contribution is 0.0903. The fourth-order valence-electron chi connectivity index (χ4n) is 4.18. The Balaban J connectivity index is 1.36. The number of benzene rings is 1. The molecule has 3 heterocycles. The first-order chi connectivity index (χ1) is 16.2. The van der Waals surface area contributed by atoms with Crippen molar-refractivity contribution in [1.29, 1.82) is 0 Å². The van der Waals surface area contributed by atoms with Crippen LogP contribution in [0.4, 0.5) is 15.1 Å². The first kappa shape index (κ1) is 23.2. The van der Waals surface area contributed by atoms with E-state index in [1.165, 1.54) is 0 Å². The highest BCUT2D eigenvalue weighted by Crippen LogP contribution is 2.23. The summed E-state index contributed by atoms with van der Waals surface area (Å²) in [7, 11) is 0. The Hall–Kier alpha value is -2.94. The van der Waals surface area contributed by atoms with Gasteiger partial charge in [0.2, 0.25) is 5.95 Å². The molecule has 2 aliphatic rings. The molecule has 178 valence electrons. The van der Waals surface area contributed by atoms with Crippen molar-refractivity contribution in [2.24, 2.45) is 0 Å². The van der Waals surface area contributed by atoms with Crippen LogP contribution in [0.5, 0.6) is 5.75 Å². The summed E-state index contributed by atoms with van der Waals surface area (Å²) in [4.78, 5) is 24.0. The zero-order chi connectivity index (χ0) is 23.0. The third-order valence-corrected chi connectivity index (χ3v) is 6.12. The highest BCUT2D eigenvalue weighted by Gasteiger charge is 2.25. The Morgan fingerprint density at radius 2 is 2.09 bits per heavy atom. The standard InChI is InChI=1S/C24H32FN5O3/c1-2-21(17-3-5-20(6-4-17)33-14-10-25)29-24(31)30-11-7-18-15-26-23(28-22(18)16-30)27-19-8-12-32-13-9-19/h3-6,15,19,21H,2,7-14,16H2,1H3,(H,29,31)(H,26,27,28)/t21-/m1/s1. The van der Waals surface area contributed by atoms with Crippen LogP contribution in [0.25, 0.3) is 0 Å². The number of rotatable bonds is 8. The average Bonchev–Trinajstić information content (AvgIpc) is 2.86. The quantitative estimate of drug-likeness (QED) is 0.629. The van der Waals surface area contributed by atoms with E-state index in [0.29, 0.717) is 30.8 Å². The number of urea groups is 1. The van der Waals surface area contributed by atoms with E-state index in [1.54, 1.807) is 17.0 Å². The Morgan fingerprint density at radius 3 is 2.82 bits per heavy atom. The number of fused-ring (bicyclic) bond motifs is 1. The van der Waals surface area contributed by atoms with Gasteiger partial charge < -0.3 is 25.0 Å². The van der Waals surface area contributed by atoms with Crippen LogP contribution >= 0.6 is 0 Å². The molecule has 1 atom stereocenters. The van der Waals surface area contributed by atoms with Gasteiger partial charge in [-0.25, -0.2) is 19.2 Å². The highest BCUT2D eigenvalue weighted by molar-refractivity contribution is 5.75. The van der Waals surface area contributed by atoms with Crippen molar-refractivity contribution in [3.05, 3.63) is 47.3 Å². The van der Waals surface area contributed by atoms with Gasteiger partial charge in [-0.1, -0.05) is 19.1 Å². The summed E-state index contributed by atoms with van der Waals surface area (Å²) in [6.07, 6.45) is 5.24. The highest BCUT2D eigenvalue weighted by atomic mass is 19.1. The van der Waals surface area contributed by atoms with Crippen LogP contribution in [0.15, 0.2) is 30.5 Å². The maximum absolute atomic E-state index is 13.0. The zero-order valence-electron chi connectivity index (χ0n) is 19.1. The van der Waals surface area contributed by atoms with Crippen LogP contribution in [-0.2, 0) is 17.7 Å². The summed E-state index contributed by atoms with van der Waals surface area (Å²) < 4.78 is 23.0.